The van der Waals surface area contributed by atoms with Crippen molar-refractivity contribution in [3.63, 3.8) is 0 Å². The van der Waals surface area contributed by atoms with Gasteiger partial charge in [0.15, 0.2) is 5.13 Å². The topological polar surface area (TPSA) is 108 Å². The van der Waals surface area contributed by atoms with Gasteiger partial charge < -0.3 is 15.7 Å². The van der Waals surface area contributed by atoms with Crippen LogP contribution >= 0.6 is 11.3 Å². The predicted octanol–water partition coefficient (Wildman–Crippen LogP) is 2.31. The number of carbonyl (C=O) groups is 3. The third kappa shape index (κ3) is 5.68. The predicted molar refractivity (Wildman–Crippen MR) is 94.7 cm³/mol. The molecule has 1 aromatic heterocycles. The van der Waals surface area contributed by atoms with E-state index < -0.39 is 17.9 Å². The Morgan fingerprint density at radius 1 is 1.24 bits per heavy atom. The molecule has 0 spiro atoms. The molecule has 1 heterocycles. The lowest BCUT2D eigenvalue weighted by atomic mass is 10.1. The number of carboxylic acid groups (broad SMARTS) is 1. The zero-order valence-electron chi connectivity index (χ0n) is 13.7. The summed E-state index contributed by atoms with van der Waals surface area (Å²) in [5, 5.41) is 15.8. The van der Waals surface area contributed by atoms with E-state index in [-0.39, 0.29) is 18.0 Å². The zero-order chi connectivity index (χ0) is 18.2. The van der Waals surface area contributed by atoms with E-state index in [9.17, 15) is 14.4 Å². The molecule has 0 bridgehead atoms. The van der Waals surface area contributed by atoms with Gasteiger partial charge in [0.2, 0.25) is 5.91 Å². The molecule has 1 aromatic carbocycles. The Hall–Kier alpha value is -2.74. The van der Waals surface area contributed by atoms with Gasteiger partial charge in [-0.2, -0.15) is 0 Å². The summed E-state index contributed by atoms with van der Waals surface area (Å²) in [6.07, 6.45) is 1.19. The van der Waals surface area contributed by atoms with E-state index >= 15 is 0 Å². The number of nitrogens with zero attached hydrogens (tertiary/aromatic N) is 1. The summed E-state index contributed by atoms with van der Waals surface area (Å²) in [6, 6.07) is 8.69. The second-order valence-electron chi connectivity index (χ2n) is 5.34. The summed E-state index contributed by atoms with van der Waals surface area (Å²) in [7, 11) is 0. The largest absolute Gasteiger partial charge is 0.480 e. The molecule has 7 nitrogen and oxygen atoms in total. The average Bonchev–Trinajstić information content (AvgIpc) is 3.07. The first-order valence-corrected chi connectivity index (χ1v) is 8.70. The molecule has 3 N–H and O–H groups in total. The van der Waals surface area contributed by atoms with E-state index in [4.69, 9.17) is 5.11 Å². The van der Waals surface area contributed by atoms with Crippen molar-refractivity contribution in [2.24, 2.45) is 0 Å². The molecule has 2 aromatic rings. The van der Waals surface area contributed by atoms with Crippen molar-refractivity contribution in [2.45, 2.75) is 32.2 Å². The molecule has 0 fully saturated rings. The van der Waals surface area contributed by atoms with Crippen molar-refractivity contribution < 1.29 is 19.5 Å². The maximum Gasteiger partial charge on any atom is 0.326 e. The van der Waals surface area contributed by atoms with E-state index in [0.717, 1.165) is 16.9 Å². The quantitative estimate of drug-likeness (QED) is 0.668. The maximum absolute atomic E-state index is 12.0. The molecular formula is C17H19N3O4S. The lowest BCUT2D eigenvalue weighted by molar-refractivity contribution is -0.139. The minimum absolute atomic E-state index is 0.0862. The van der Waals surface area contributed by atoms with Crippen LogP contribution in [0.3, 0.4) is 0 Å². The summed E-state index contributed by atoms with van der Waals surface area (Å²) in [6.45, 7) is 1.67. The van der Waals surface area contributed by atoms with Crippen LogP contribution in [0, 0.1) is 0 Å². The Balaban J connectivity index is 1.87. The Morgan fingerprint density at radius 3 is 2.60 bits per heavy atom. The van der Waals surface area contributed by atoms with E-state index in [1.807, 2.05) is 30.3 Å². The lowest BCUT2D eigenvalue weighted by Gasteiger charge is -2.10. The fourth-order valence-corrected chi connectivity index (χ4v) is 2.80. The number of aromatic nitrogens is 1. The molecule has 0 saturated heterocycles. The standard InChI is InChI=1S/C17H19N3O4S/c1-2-12(16(23)24)18-15(22)13-10-25-17(19-13)20-14(21)9-8-11-6-4-3-5-7-11/h3-7,10,12H,2,8-9H2,1H3,(H,18,22)(H,23,24)(H,19,20,21). The van der Waals surface area contributed by atoms with Crippen LogP contribution in [-0.4, -0.2) is 33.9 Å². The Morgan fingerprint density at radius 2 is 1.96 bits per heavy atom. The third-order valence-electron chi connectivity index (χ3n) is 3.48. The fourth-order valence-electron chi connectivity index (χ4n) is 2.09. The molecule has 132 valence electrons. The highest BCUT2D eigenvalue weighted by molar-refractivity contribution is 7.14. The van der Waals surface area contributed by atoms with Gasteiger partial charge in [0, 0.05) is 11.8 Å². The molecule has 2 amide bonds. The Bertz CT molecular complexity index is 745. The van der Waals surface area contributed by atoms with Gasteiger partial charge in [0.1, 0.15) is 11.7 Å². The number of carboxylic acids is 1. The van der Waals surface area contributed by atoms with E-state index in [2.05, 4.69) is 15.6 Å². The van der Waals surface area contributed by atoms with Crippen molar-refractivity contribution in [1.82, 2.24) is 10.3 Å². The van der Waals surface area contributed by atoms with Gasteiger partial charge in [-0.1, -0.05) is 37.3 Å². The Kier molecular flexibility index (Phi) is 6.64. The van der Waals surface area contributed by atoms with Crippen LogP contribution in [0.25, 0.3) is 0 Å². The number of benzene rings is 1. The molecule has 0 aliphatic rings. The molecule has 0 aliphatic carbocycles. The first-order valence-electron chi connectivity index (χ1n) is 7.82. The summed E-state index contributed by atoms with van der Waals surface area (Å²) >= 11 is 1.12. The second kappa shape index (κ2) is 8.93. The van der Waals surface area contributed by atoms with Crippen LogP contribution in [0.1, 0.15) is 35.8 Å². The van der Waals surface area contributed by atoms with Crippen LogP contribution in [0.5, 0.6) is 0 Å². The third-order valence-corrected chi connectivity index (χ3v) is 4.24. The van der Waals surface area contributed by atoms with Crippen molar-refractivity contribution in [3.05, 3.63) is 47.0 Å². The van der Waals surface area contributed by atoms with Crippen LogP contribution in [0.15, 0.2) is 35.7 Å². The monoisotopic (exact) mass is 361 g/mol. The smallest absolute Gasteiger partial charge is 0.326 e. The fraction of sp³-hybridized carbons (Fsp3) is 0.294. The number of hydrogen-bond acceptors (Lipinski definition) is 5. The van der Waals surface area contributed by atoms with Gasteiger partial charge in [0.05, 0.1) is 0 Å². The molecule has 25 heavy (non-hydrogen) atoms. The molecule has 0 radical (unpaired) electrons. The lowest BCUT2D eigenvalue weighted by Crippen LogP contribution is -2.40. The summed E-state index contributed by atoms with van der Waals surface area (Å²) in [5.41, 5.74) is 1.15. The highest BCUT2D eigenvalue weighted by Gasteiger charge is 2.20. The first kappa shape index (κ1) is 18.6. The van der Waals surface area contributed by atoms with Crippen molar-refractivity contribution in [3.8, 4) is 0 Å². The summed E-state index contributed by atoms with van der Waals surface area (Å²) in [4.78, 5) is 38.9. The number of aliphatic carboxylic acids is 1. The molecule has 2 rings (SSSR count). The molecule has 1 atom stereocenters. The number of nitrogens with one attached hydrogen (secondary N) is 2. The molecule has 8 heteroatoms. The van der Waals surface area contributed by atoms with Gasteiger partial charge in [-0.15, -0.1) is 11.3 Å². The van der Waals surface area contributed by atoms with E-state index in [0.29, 0.717) is 18.0 Å². The average molecular weight is 361 g/mol. The summed E-state index contributed by atoms with van der Waals surface area (Å²) < 4.78 is 0. The number of thiazole rings is 1. The van der Waals surface area contributed by atoms with Gasteiger partial charge in [-0.25, -0.2) is 9.78 Å². The SMILES string of the molecule is CCC(NC(=O)c1csc(NC(=O)CCc2ccccc2)n1)C(=O)O. The van der Waals surface area contributed by atoms with Crippen LogP contribution < -0.4 is 10.6 Å². The number of amides is 2. The van der Waals surface area contributed by atoms with Gasteiger partial charge in [-0.3, -0.25) is 9.59 Å². The number of hydrogen-bond donors (Lipinski definition) is 3. The molecule has 0 saturated carbocycles. The molecule has 0 aliphatic heterocycles. The van der Waals surface area contributed by atoms with Crippen molar-refractivity contribution in [2.75, 3.05) is 5.32 Å². The van der Waals surface area contributed by atoms with E-state index in [1.165, 1.54) is 5.38 Å². The minimum atomic E-state index is -1.10. The number of aryl methyl sites for hydroxylation is 1. The van der Waals surface area contributed by atoms with Gasteiger partial charge >= 0.3 is 5.97 Å². The maximum atomic E-state index is 12.0. The second-order valence-corrected chi connectivity index (χ2v) is 6.20. The number of anilines is 1. The highest BCUT2D eigenvalue weighted by atomic mass is 32.1. The first-order chi connectivity index (χ1) is 12.0. The van der Waals surface area contributed by atoms with Gasteiger partial charge in [0.25, 0.3) is 5.91 Å². The van der Waals surface area contributed by atoms with Gasteiger partial charge in [-0.05, 0) is 18.4 Å². The van der Waals surface area contributed by atoms with Crippen molar-refractivity contribution >= 4 is 34.3 Å². The highest BCUT2D eigenvalue weighted by Crippen LogP contribution is 2.16. The molecular weight excluding hydrogens is 342 g/mol. The van der Waals surface area contributed by atoms with E-state index in [1.54, 1.807) is 6.92 Å². The van der Waals surface area contributed by atoms with Crippen molar-refractivity contribution in [1.29, 1.82) is 0 Å². The number of carbonyl (C=O) groups excluding carboxylic acids is 2. The van der Waals surface area contributed by atoms with Crippen LogP contribution in [0.4, 0.5) is 5.13 Å². The van der Waals surface area contributed by atoms with Crippen LogP contribution in [0.2, 0.25) is 0 Å². The molecule has 1 unspecified atom stereocenters. The zero-order valence-corrected chi connectivity index (χ0v) is 14.5. The number of rotatable bonds is 8. The summed E-state index contributed by atoms with van der Waals surface area (Å²) in [5.74, 6) is -1.86. The minimum Gasteiger partial charge on any atom is -0.480 e. The normalized spacial score (nSPS) is 11.6. The van der Waals surface area contributed by atoms with Crippen LogP contribution in [-0.2, 0) is 16.0 Å². The Labute approximate surface area is 149 Å².